The van der Waals surface area contributed by atoms with Crippen molar-refractivity contribution >= 4 is 11.9 Å². The summed E-state index contributed by atoms with van der Waals surface area (Å²) in [6.45, 7) is 1.47. The maximum atomic E-state index is 12.1. The van der Waals surface area contributed by atoms with Crippen LogP contribution in [0.25, 0.3) is 0 Å². The van der Waals surface area contributed by atoms with Gasteiger partial charge in [0.25, 0.3) is 0 Å². The molecule has 1 aromatic heterocycles. The molecule has 6 nitrogen and oxygen atoms in total. The van der Waals surface area contributed by atoms with Crippen molar-refractivity contribution in [2.24, 2.45) is 0 Å². The van der Waals surface area contributed by atoms with Crippen molar-refractivity contribution in [3.05, 3.63) is 58.9 Å². The molecule has 23 heavy (non-hydrogen) atoms. The first-order valence-corrected chi connectivity index (χ1v) is 7.09. The van der Waals surface area contributed by atoms with Crippen LogP contribution in [0.3, 0.4) is 0 Å². The highest BCUT2D eigenvalue weighted by molar-refractivity contribution is 5.96. The van der Waals surface area contributed by atoms with Crippen molar-refractivity contribution in [2.45, 2.75) is 13.0 Å². The van der Waals surface area contributed by atoms with Crippen molar-refractivity contribution in [2.75, 3.05) is 20.8 Å². The van der Waals surface area contributed by atoms with Gasteiger partial charge in [0.1, 0.15) is 5.69 Å². The molecule has 1 atom stereocenters. The number of hydrogen-bond donors (Lipinski definition) is 1. The van der Waals surface area contributed by atoms with Crippen LogP contribution < -0.4 is 0 Å². The zero-order valence-electron chi connectivity index (χ0n) is 13.3. The minimum absolute atomic E-state index is 0.188. The van der Waals surface area contributed by atoms with Crippen LogP contribution in [0.15, 0.2) is 36.4 Å². The van der Waals surface area contributed by atoms with E-state index in [4.69, 9.17) is 9.47 Å². The lowest BCUT2D eigenvalue weighted by molar-refractivity contribution is 0.0582. The van der Waals surface area contributed by atoms with Crippen LogP contribution in [0, 0.1) is 6.92 Å². The Balaban J connectivity index is 2.65. The SMILES string of the molecule is COC(=O)c1cc(C(=O)OC)n([C@H](CO)c2ccccc2)c1C. The second-order valence-corrected chi connectivity index (χ2v) is 4.99. The van der Waals surface area contributed by atoms with Crippen molar-refractivity contribution < 1.29 is 24.2 Å². The van der Waals surface area contributed by atoms with E-state index in [1.54, 1.807) is 11.5 Å². The highest BCUT2D eigenvalue weighted by Crippen LogP contribution is 2.27. The van der Waals surface area contributed by atoms with Gasteiger partial charge in [0.2, 0.25) is 0 Å². The van der Waals surface area contributed by atoms with Gasteiger partial charge in [-0.05, 0) is 18.6 Å². The van der Waals surface area contributed by atoms with Crippen LogP contribution in [0.2, 0.25) is 0 Å². The second kappa shape index (κ2) is 7.11. The Morgan fingerprint density at radius 1 is 1.13 bits per heavy atom. The molecule has 1 aromatic carbocycles. The molecule has 0 aliphatic rings. The van der Waals surface area contributed by atoms with E-state index in [0.717, 1.165) is 5.56 Å². The van der Waals surface area contributed by atoms with Crippen LogP contribution in [0.4, 0.5) is 0 Å². The van der Waals surface area contributed by atoms with Gasteiger partial charge >= 0.3 is 11.9 Å². The molecule has 0 saturated carbocycles. The predicted molar refractivity (Wildman–Crippen MR) is 83.5 cm³/mol. The van der Waals surface area contributed by atoms with Gasteiger partial charge in [0.05, 0.1) is 32.4 Å². The van der Waals surface area contributed by atoms with Gasteiger partial charge in [0, 0.05) is 5.69 Å². The van der Waals surface area contributed by atoms with Crippen LogP contribution >= 0.6 is 0 Å². The second-order valence-electron chi connectivity index (χ2n) is 4.99. The van der Waals surface area contributed by atoms with E-state index in [0.29, 0.717) is 5.69 Å². The van der Waals surface area contributed by atoms with E-state index in [2.05, 4.69) is 0 Å². The van der Waals surface area contributed by atoms with Crippen LogP contribution in [0.1, 0.15) is 38.1 Å². The largest absolute Gasteiger partial charge is 0.465 e. The highest BCUT2D eigenvalue weighted by atomic mass is 16.5. The standard InChI is InChI=1S/C17H19NO5/c1-11-13(16(20)22-2)9-14(17(21)23-3)18(11)15(10-19)12-7-5-4-6-8-12/h4-9,15,19H,10H2,1-3H3/t15-/m1/s1. The Morgan fingerprint density at radius 2 is 1.74 bits per heavy atom. The third-order valence-electron chi connectivity index (χ3n) is 3.76. The third-order valence-corrected chi connectivity index (χ3v) is 3.76. The molecule has 0 unspecified atom stereocenters. The molecule has 0 radical (unpaired) electrons. The summed E-state index contributed by atoms with van der Waals surface area (Å²) in [5.41, 5.74) is 1.80. The van der Waals surface area contributed by atoms with Gasteiger partial charge in [-0.25, -0.2) is 9.59 Å². The predicted octanol–water partition coefficient (Wildman–Crippen LogP) is 1.95. The Kier molecular flexibility index (Phi) is 5.18. The highest BCUT2D eigenvalue weighted by Gasteiger charge is 2.27. The number of methoxy groups -OCH3 is 2. The molecular weight excluding hydrogens is 298 g/mol. The number of esters is 2. The average molecular weight is 317 g/mol. The molecule has 0 bridgehead atoms. The van der Waals surface area contributed by atoms with Gasteiger partial charge in [-0.3, -0.25) is 0 Å². The van der Waals surface area contributed by atoms with E-state index < -0.39 is 18.0 Å². The fraction of sp³-hybridized carbons (Fsp3) is 0.294. The summed E-state index contributed by atoms with van der Waals surface area (Å²) in [6.07, 6.45) is 0. The molecule has 6 heteroatoms. The van der Waals surface area contributed by atoms with Crippen molar-refractivity contribution in [3.8, 4) is 0 Å². The summed E-state index contributed by atoms with van der Waals surface area (Å²) < 4.78 is 11.2. The molecule has 0 saturated heterocycles. The van der Waals surface area contributed by atoms with E-state index in [1.807, 2.05) is 30.3 Å². The van der Waals surface area contributed by atoms with Gasteiger partial charge in [-0.1, -0.05) is 30.3 Å². The third kappa shape index (κ3) is 3.12. The maximum absolute atomic E-state index is 12.1. The molecule has 0 spiro atoms. The molecule has 2 aromatic rings. The number of ether oxygens (including phenoxy) is 2. The molecule has 122 valence electrons. The molecule has 2 rings (SSSR count). The number of aromatic nitrogens is 1. The molecule has 0 aliphatic heterocycles. The Morgan fingerprint density at radius 3 is 2.26 bits per heavy atom. The van der Waals surface area contributed by atoms with Gasteiger partial charge in [-0.15, -0.1) is 0 Å². The Bertz CT molecular complexity index is 705. The van der Waals surface area contributed by atoms with E-state index in [1.165, 1.54) is 20.3 Å². The molecule has 0 aliphatic carbocycles. The van der Waals surface area contributed by atoms with E-state index in [9.17, 15) is 14.7 Å². The lowest BCUT2D eigenvalue weighted by Gasteiger charge is -2.21. The van der Waals surface area contributed by atoms with Crippen molar-refractivity contribution in [1.29, 1.82) is 0 Å². The molecule has 1 heterocycles. The summed E-state index contributed by atoms with van der Waals surface area (Å²) in [6, 6.07) is 10.2. The van der Waals surface area contributed by atoms with Crippen LogP contribution in [-0.4, -0.2) is 42.4 Å². The quantitative estimate of drug-likeness (QED) is 0.853. The van der Waals surface area contributed by atoms with Gasteiger partial charge in [0.15, 0.2) is 0 Å². The first-order chi connectivity index (χ1) is 11.0. The number of carbonyl (C=O) groups excluding carboxylic acids is 2. The van der Waals surface area contributed by atoms with Gasteiger partial charge in [-0.2, -0.15) is 0 Å². The minimum atomic E-state index is -0.586. The number of hydrogen-bond acceptors (Lipinski definition) is 5. The summed E-state index contributed by atoms with van der Waals surface area (Å²) in [4.78, 5) is 24.0. The number of aliphatic hydroxyl groups is 1. The van der Waals surface area contributed by atoms with Gasteiger partial charge < -0.3 is 19.1 Å². The monoisotopic (exact) mass is 317 g/mol. The van der Waals surface area contributed by atoms with E-state index >= 15 is 0 Å². The summed E-state index contributed by atoms with van der Waals surface area (Å²) in [5.74, 6) is -1.13. The fourth-order valence-corrected chi connectivity index (χ4v) is 2.61. The maximum Gasteiger partial charge on any atom is 0.354 e. The lowest BCUT2D eigenvalue weighted by atomic mass is 10.1. The smallest absolute Gasteiger partial charge is 0.354 e. The summed E-state index contributed by atoms with van der Waals surface area (Å²) in [7, 11) is 2.54. The molecular formula is C17H19NO5. The zero-order chi connectivity index (χ0) is 17.0. The Labute approximate surface area is 134 Å². The molecule has 0 fully saturated rings. The van der Waals surface area contributed by atoms with E-state index in [-0.39, 0.29) is 17.9 Å². The summed E-state index contributed by atoms with van der Waals surface area (Å²) >= 11 is 0. The molecule has 1 N–H and O–H groups in total. The van der Waals surface area contributed by atoms with Crippen LogP contribution in [-0.2, 0) is 9.47 Å². The summed E-state index contributed by atoms with van der Waals surface area (Å²) in [5, 5.41) is 9.85. The van der Waals surface area contributed by atoms with Crippen molar-refractivity contribution in [1.82, 2.24) is 4.57 Å². The fourth-order valence-electron chi connectivity index (χ4n) is 2.61. The van der Waals surface area contributed by atoms with Crippen LogP contribution in [0.5, 0.6) is 0 Å². The lowest BCUT2D eigenvalue weighted by Crippen LogP contribution is -2.21. The zero-order valence-corrected chi connectivity index (χ0v) is 13.3. The Hall–Kier alpha value is -2.60. The topological polar surface area (TPSA) is 77.8 Å². The number of rotatable bonds is 5. The first kappa shape index (κ1) is 16.8. The number of nitrogens with zero attached hydrogens (tertiary/aromatic N) is 1. The average Bonchev–Trinajstić information content (AvgIpc) is 2.93. The number of aliphatic hydroxyl groups excluding tert-OH is 1. The first-order valence-electron chi connectivity index (χ1n) is 7.09. The minimum Gasteiger partial charge on any atom is -0.465 e. The normalized spacial score (nSPS) is 11.8. The number of benzene rings is 1. The van der Waals surface area contributed by atoms with Crippen molar-refractivity contribution in [3.63, 3.8) is 0 Å². The number of carbonyl (C=O) groups is 2. The molecule has 0 amide bonds.